The first-order valence-corrected chi connectivity index (χ1v) is 8.85. The summed E-state index contributed by atoms with van der Waals surface area (Å²) in [4.78, 5) is 2.09. The predicted molar refractivity (Wildman–Crippen MR) is 86.5 cm³/mol. The maximum Gasteiger partial charge on any atom is 0.297 e. The molecule has 23 heavy (non-hydrogen) atoms. The molecule has 2 aromatic carbocycles. The summed E-state index contributed by atoms with van der Waals surface area (Å²) in [6.45, 7) is 2.96. The van der Waals surface area contributed by atoms with E-state index in [-0.39, 0.29) is 10.7 Å². The zero-order chi connectivity index (χ0) is 16.4. The lowest BCUT2D eigenvalue weighted by Crippen LogP contribution is -2.25. The molecule has 1 fully saturated rings. The normalized spacial score (nSPS) is 18.3. The third-order valence-electron chi connectivity index (χ3n) is 3.89. The van der Waals surface area contributed by atoms with Crippen molar-refractivity contribution >= 4 is 15.8 Å². The minimum Gasteiger partial charge on any atom is -0.369 e. The molecule has 1 saturated heterocycles. The molecule has 0 aliphatic carbocycles. The zero-order valence-electron chi connectivity index (χ0n) is 12.8. The van der Waals surface area contributed by atoms with E-state index in [9.17, 15) is 12.8 Å². The van der Waals surface area contributed by atoms with Crippen LogP contribution in [0.15, 0.2) is 53.4 Å². The van der Waals surface area contributed by atoms with Crippen molar-refractivity contribution in [2.45, 2.75) is 24.3 Å². The van der Waals surface area contributed by atoms with Crippen LogP contribution in [0.1, 0.15) is 12.0 Å². The Hall–Kier alpha value is -1.92. The van der Waals surface area contributed by atoms with E-state index in [1.807, 2.05) is 11.8 Å². The molecule has 122 valence electrons. The molecule has 1 aliphatic heterocycles. The number of halogens is 1. The number of nitrogens with zero attached hydrogens (tertiary/aromatic N) is 1. The highest BCUT2D eigenvalue weighted by Crippen LogP contribution is 2.25. The Morgan fingerprint density at radius 1 is 1.17 bits per heavy atom. The molecule has 4 nitrogen and oxygen atoms in total. The van der Waals surface area contributed by atoms with Gasteiger partial charge in [0.1, 0.15) is 5.82 Å². The molecule has 1 heterocycles. The minimum absolute atomic E-state index is 0.160. The fourth-order valence-corrected chi connectivity index (χ4v) is 3.75. The van der Waals surface area contributed by atoms with E-state index in [1.165, 1.54) is 12.1 Å². The molecule has 0 bridgehead atoms. The van der Waals surface area contributed by atoms with Gasteiger partial charge in [-0.1, -0.05) is 23.8 Å². The Kier molecular flexibility index (Phi) is 4.37. The van der Waals surface area contributed by atoms with Crippen molar-refractivity contribution in [3.05, 3.63) is 59.9 Å². The lowest BCUT2D eigenvalue weighted by atomic mass is 10.2. The van der Waals surface area contributed by atoms with Crippen LogP contribution in [0.4, 0.5) is 10.1 Å². The summed E-state index contributed by atoms with van der Waals surface area (Å²) in [6.07, 6.45) is 0.159. The molecule has 0 amide bonds. The third kappa shape index (κ3) is 3.71. The van der Waals surface area contributed by atoms with Gasteiger partial charge in [-0.25, -0.2) is 4.39 Å². The van der Waals surface area contributed by atoms with Crippen molar-refractivity contribution < 1.29 is 17.0 Å². The van der Waals surface area contributed by atoms with Crippen LogP contribution in [0.2, 0.25) is 0 Å². The van der Waals surface area contributed by atoms with Gasteiger partial charge in [0.05, 0.1) is 11.0 Å². The van der Waals surface area contributed by atoms with Crippen molar-refractivity contribution in [1.82, 2.24) is 0 Å². The lowest BCUT2D eigenvalue weighted by molar-refractivity contribution is 0.232. The summed E-state index contributed by atoms with van der Waals surface area (Å²) in [6, 6.07) is 12.8. The number of anilines is 1. The Labute approximate surface area is 135 Å². The molecule has 1 unspecified atom stereocenters. The maximum atomic E-state index is 13.3. The van der Waals surface area contributed by atoms with Gasteiger partial charge >= 0.3 is 0 Å². The van der Waals surface area contributed by atoms with Crippen LogP contribution in [-0.2, 0) is 14.3 Å². The quantitative estimate of drug-likeness (QED) is 0.806. The second-order valence-corrected chi connectivity index (χ2v) is 7.27. The Bertz CT molecular complexity index is 790. The molecule has 0 radical (unpaired) electrons. The van der Waals surface area contributed by atoms with E-state index in [0.717, 1.165) is 11.3 Å². The highest BCUT2D eigenvalue weighted by atomic mass is 32.2. The molecule has 0 N–H and O–H groups in total. The first-order chi connectivity index (χ1) is 10.9. The molecule has 2 aromatic rings. The van der Waals surface area contributed by atoms with E-state index in [0.29, 0.717) is 19.5 Å². The first kappa shape index (κ1) is 16.0. The monoisotopic (exact) mass is 335 g/mol. The highest BCUT2D eigenvalue weighted by Gasteiger charge is 2.29. The van der Waals surface area contributed by atoms with Crippen LogP contribution < -0.4 is 4.90 Å². The van der Waals surface area contributed by atoms with Crippen LogP contribution in [0.5, 0.6) is 0 Å². The van der Waals surface area contributed by atoms with Gasteiger partial charge in [-0.3, -0.25) is 4.18 Å². The van der Waals surface area contributed by atoms with Gasteiger partial charge in [0.2, 0.25) is 0 Å². The molecule has 3 rings (SSSR count). The summed E-state index contributed by atoms with van der Waals surface area (Å²) in [7, 11) is -3.77. The topological polar surface area (TPSA) is 46.6 Å². The number of benzene rings is 2. The van der Waals surface area contributed by atoms with Gasteiger partial charge in [0.25, 0.3) is 10.1 Å². The second-order valence-electron chi connectivity index (χ2n) is 5.70. The molecule has 1 aliphatic rings. The fourth-order valence-electron chi connectivity index (χ4n) is 2.65. The molecular weight excluding hydrogens is 317 g/mol. The average molecular weight is 335 g/mol. The number of aryl methyl sites for hydroxylation is 1. The van der Waals surface area contributed by atoms with Gasteiger partial charge in [0, 0.05) is 18.8 Å². The standard InChI is InChI=1S/C17H18FNO3S/c1-13-5-7-17(8-6-13)23(20,21)22-16-9-10-19(12-16)15-4-2-3-14(18)11-15/h2-8,11,16H,9-10,12H2,1H3. The number of rotatable bonds is 4. The van der Waals surface area contributed by atoms with Crippen LogP contribution in [-0.4, -0.2) is 27.6 Å². The Balaban J connectivity index is 1.69. The van der Waals surface area contributed by atoms with E-state index < -0.39 is 16.2 Å². The van der Waals surface area contributed by atoms with E-state index >= 15 is 0 Å². The van der Waals surface area contributed by atoms with Crippen molar-refractivity contribution in [2.24, 2.45) is 0 Å². The molecule has 6 heteroatoms. The van der Waals surface area contributed by atoms with Crippen LogP contribution in [0.3, 0.4) is 0 Å². The third-order valence-corrected chi connectivity index (χ3v) is 5.27. The van der Waals surface area contributed by atoms with Crippen LogP contribution in [0, 0.1) is 12.7 Å². The Morgan fingerprint density at radius 3 is 2.61 bits per heavy atom. The number of hydrogen-bond acceptors (Lipinski definition) is 4. The number of hydrogen-bond donors (Lipinski definition) is 0. The molecule has 1 atom stereocenters. The maximum absolute atomic E-state index is 13.3. The summed E-state index contributed by atoms with van der Waals surface area (Å²) in [5, 5.41) is 0. The average Bonchev–Trinajstić information content (AvgIpc) is 2.95. The van der Waals surface area contributed by atoms with E-state index in [1.54, 1.807) is 36.4 Å². The van der Waals surface area contributed by atoms with Crippen molar-refractivity contribution in [2.75, 3.05) is 18.0 Å². The van der Waals surface area contributed by atoms with Crippen LogP contribution in [0.25, 0.3) is 0 Å². The van der Waals surface area contributed by atoms with Gasteiger partial charge in [-0.2, -0.15) is 8.42 Å². The fraction of sp³-hybridized carbons (Fsp3) is 0.294. The molecule has 0 saturated carbocycles. The zero-order valence-corrected chi connectivity index (χ0v) is 13.6. The molecule has 0 aromatic heterocycles. The lowest BCUT2D eigenvalue weighted by Gasteiger charge is -2.18. The largest absolute Gasteiger partial charge is 0.369 e. The Morgan fingerprint density at radius 2 is 1.91 bits per heavy atom. The minimum atomic E-state index is -3.77. The molecular formula is C17H18FNO3S. The van der Waals surface area contributed by atoms with Crippen molar-refractivity contribution in [3.8, 4) is 0 Å². The van der Waals surface area contributed by atoms with Crippen LogP contribution >= 0.6 is 0 Å². The summed E-state index contributed by atoms with van der Waals surface area (Å²) in [5.41, 5.74) is 1.73. The summed E-state index contributed by atoms with van der Waals surface area (Å²) >= 11 is 0. The first-order valence-electron chi connectivity index (χ1n) is 7.44. The summed E-state index contributed by atoms with van der Waals surface area (Å²) < 4.78 is 43.2. The highest BCUT2D eigenvalue weighted by molar-refractivity contribution is 7.86. The van der Waals surface area contributed by atoms with Crippen molar-refractivity contribution in [1.29, 1.82) is 0 Å². The van der Waals surface area contributed by atoms with Crippen molar-refractivity contribution in [3.63, 3.8) is 0 Å². The van der Waals surface area contributed by atoms with Gasteiger partial charge in [0.15, 0.2) is 0 Å². The van der Waals surface area contributed by atoms with Gasteiger partial charge in [-0.15, -0.1) is 0 Å². The van der Waals surface area contributed by atoms with Gasteiger partial charge < -0.3 is 4.90 Å². The molecule has 0 spiro atoms. The smallest absolute Gasteiger partial charge is 0.297 e. The van der Waals surface area contributed by atoms with Gasteiger partial charge in [-0.05, 0) is 43.7 Å². The predicted octanol–water partition coefficient (Wildman–Crippen LogP) is 3.12. The second kappa shape index (κ2) is 6.29. The van der Waals surface area contributed by atoms with E-state index in [4.69, 9.17) is 4.18 Å². The van der Waals surface area contributed by atoms with E-state index in [2.05, 4.69) is 0 Å². The SMILES string of the molecule is Cc1ccc(S(=O)(=O)OC2CCN(c3cccc(F)c3)C2)cc1. The summed E-state index contributed by atoms with van der Waals surface area (Å²) in [5.74, 6) is -0.306.